The van der Waals surface area contributed by atoms with Crippen molar-refractivity contribution in [2.75, 3.05) is 33.3 Å². The van der Waals surface area contributed by atoms with Crippen LogP contribution in [0.5, 0.6) is 0 Å². The Morgan fingerprint density at radius 2 is 1.58 bits per heavy atom. The first-order valence-corrected chi connectivity index (χ1v) is 17.8. The summed E-state index contributed by atoms with van der Waals surface area (Å²) in [5.41, 5.74) is 8.02. The summed E-state index contributed by atoms with van der Waals surface area (Å²) in [5, 5.41) is 0. The molecule has 0 radical (unpaired) electrons. The van der Waals surface area contributed by atoms with E-state index in [2.05, 4.69) is 24.3 Å². The van der Waals surface area contributed by atoms with Crippen LogP contribution >= 0.6 is 14.7 Å². The molecule has 3 rings (SSSR count). The van der Waals surface area contributed by atoms with Gasteiger partial charge in [0.15, 0.2) is 20.5 Å². The first kappa shape index (κ1) is 30.2. The average Bonchev–Trinajstić information content (AvgIpc) is 3.05. The molecule has 204 valence electrons. The number of allylic oxidation sites excluding steroid dienone is 3. The minimum absolute atomic E-state index is 0.0288. The molecule has 8 heteroatoms. The summed E-state index contributed by atoms with van der Waals surface area (Å²) >= 11 is 0. The monoisotopic (exact) mass is 556 g/mol. The number of rotatable bonds is 12. The smallest absolute Gasteiger partial charge is 0.197 e. The first-order valence-electron chi connectivity index (χ1n) is 12.7. The lowest BCUT2D eigenvalue weighted by Crippen LogP contribution is -2.19. The number of Topliss-reactive ketones (excluding diaryl/α,β-unsaturated/α-hetero) is 2. The Balaban J connectivity index is 1.82. The van der Waals surface area contributed by atoms with Gasteiger partial charge in [0, 0.05) is 45.1 Å². The Bertz CT molecular complexity index is 1370. The van der Waals surface area contributed by atoms with Gasteiger partial charge in [0.2, 0.25) is 0 Å². The fourth-order valence-corrected chi connectivity index (χ4v) is 5.91. The number of hydrogen-bond acceptors (Lipinski definition) is 6. The van der Waals surface area contributed by atoms with Gasteiger partial charge in [-0.3, -0.25) is 18.7 Å². The molecule has 2 aromatic carbocycles. The maximum atomic E-state index is 13.2. The van der Waals surface area contributed by atoms with Gasteiger partial charge in [-0.1, -0.05) is 48.0 Å². The molecule has 1 aliphatic carbocycles. The molecule has 0 saturated heterocycles. The molecule has 2 aromatic rings. The molecule has 38 heavy (non-hydrogen) atoms. The predicted molar refractivity (Wildman–Crippen MR) is 157 cm³/mol. The lowest BCUT2D eigenvalue weighted by molar-refractivity contribution is -0.118. The van der Waals surface area contributed by atoms with Crippen molar-refractivity contribution in [3.05, 3.63) is 75.9 Å². The van der Waals surface area contributed by atoms with Gasteiger partial charge >= 0.3 is 0 Å². The zero-order valence-electron chi connectivity index (χ0n) is 23.4. The van der Waals surface area contributed by atoms with E-state index in [0.29, 0.717) is 12.0 Å². The van der Waals surface area contributed by atoms with E-state index in [1.165, 1.54) is 26.7 Å². The molecule has 0 saturated carbocycles. The quantitative estimate of drug-likeness (QED) is 0.196. The molecule has 1 atom stereocenters. The second-order valence-electron chi connectivity index (χ2n) is 10.7. The van der Waals surface area contributed by atoms with Gasteiger partial charge in [0.1, 0.15) is 5.78 Å². The number of carbonyl (C=O) groups excluding carboxylic acids is 2. The van der Waals surface area contributed by atoms with Crippen molar-refractivity contribution in [3.8, 4) is 0 Å². The van der Waals surface area contributed by atoms with Crippen LogP contribution in [0.15, 0.2) is 48.0 Å². The summed E-state index contributed by atoms with van der Waals surface area (Å²) in [5.74, 6) is 0.0757. The van der Waals surface area contributed by atoms with Gasteiger partial charge in [-0.15, -0.1) is 0 Å². The van der Waals surface area contributed by atoms with Crippen LogP contribution in [0.1, 0.15) is 65.7 Å². The largest absolute Gasteiger partial charge is 0.326 e. The SMILES string of the molecule is CC(=O)c1ccc(C=C2C(C)=C(CC(=O)CCC(COP(C)(C)=O)OP(C)(C)=O)c3cc(C)ccc32)cc1. The molecule has 0 bridgehead atoms. The predicted octanol–water partition coefficient (Wildman–Crippen LogP) is 7.74. The van der Waals surface area contributed by atoms with Crippen molar-refractivity contribution in [2.24, 2.45) is 0 Å². The Labute approximate surface area is 226 Å². The molecule has 0 amide bonds. The van der Waals surface area contributed by atoms with Crippen molar-refractivity contribution in [1.82, 2.24) is 0 Å². The normalized spacial score (nSPS) is 15.6. The number of benzene rings is 2. The summed E-state index contributed by atoms with van der Waals surface area (Å²) in [6.45, 7) is 11.7. The lowest BCUT2D eigenvalue weighted by Gasteiger charge is -2.21. The van der Waals surface area contributed by atoms with Crippen LogP contribution in [-0.4, -0.2) is 50.9 Å². The van der Waals surface area contributed by atoms with Gasteiger partial charge in [-0.05, 0) is 66.7 Å². The second kappa shape index (κ2) is 12.2. The molecule has 0 heterocycles. The Morgan fingerprint density at radius 3 is 2.16 bits per heavy atom. The minimum Gasteiger partial charge on any atom is -0.326 e. The van der Waals surface area contributed by atoms with E-state index in [1.54, 1.807) is 6.92 Å². The molecule has 0 aromatic heterocycles. The number of carbonyl (C=O) groups is 2. The van der Waals surface area contributed by atoms with E-state index in [1.807, 2.05) is 38.1 Å². The summed E-state index contributed by atoms with van der Waals surface area (Å²) in [7, 11) is -5.55. The molecule has 6 nitrogen and oxygen atoms in total. The number of aryl methyl sites for hydroxylation is 1. The number of fused-ring (bicyclic) bond motifs is 1. The lowest BCUT2D eigenvalue weighted by atomic mass is 9.97. The van der Waals surface area contributed by atoms with Crippen LogP contribution in [0.4, 0.5) is 0 Å². The maximum Gasteiger partial charge on any atom is 0.197 e. The highest BCUT2D eigenvalue weighted by molar-refractivity contribution is 7.57. The highest BCUT2D eigenvalue weighted by Crippen LogP contribution is 2.45. The van der Waals surface area contributed by atoms with Crippen LogP contribution in [0.25, 0.3) is 17.2 Å². The van der Waals surface area contributed by atoms with Crippen molar-refractivity contribution < 1.29 is 27.8 Å². The van der Waals surface area contributed by atoms with E-state index in [9.17, 15) is 18.7 Å². The van der Waals surface area contributed by atoms with E-state index in [4.69, 9.17) is 9.05 Å². The molecular formula is C30H38O6P2. The summed E-state index contributed by atoms with van der Waals surface area (Å²) in [4.78, 5) is 24.8. The van der Waals surface area contributed by atoms with Gasteiger partial charge in [0.25, 0.3) is 0 Å². The van der Waals surface area contributed by atoms with Gasteiger partial charge in [0.05, 0.1) is 12.7 Å². The highest BCUT2D eigenvalue weighted by atomic mass is 31.2. The average molecular weight is 557 g/mol. The molecular weight excluding hydrogens is 518 g/mol. The third kappa shape index (κ3) is 8.58. The fourth-order valence-electron chi connectivity index (χ4n) is 4.50. The summed E-state index contributed by atoms with van der Waals surface area (Å²) in [6.07, 6.45) is 2.36. The van der Waals surface area contributed by atoms with Gasteiger partial charge in [-0.2, -0.15) is 0 Å². The molecule has 1 unspecified atom stereocenters. The molecule has 1 aliphatic rings. The summed E-state index contributed by atoms with van der Waals surface area (Å²) in [6, 6.07) is 13.8. The van der Waals surface area contributed by atoms with E-state index < -0.39 is 20.8 Å². The third-order valence-corrected chi connectivity index (χ3v) is 7.95. The minimum atomic E-state index is -2.82. The topological polar surface area (TPSA) is 86.7 Å². The van der Waals surface area contributed by atoms with E-state index in [0.717, 1.165) is 39.0 Å². The van der Waals surface area contributed by atoms with E-state index >= 15 is 0 Å². The van der Waals surface area contributed by atoms with Crippen molar-refractivity contribution in [1.29, 1.82) is 0 Å². The number of ketones is 2. The standard InChI is InChI=1S/C30H38O6P2/c1-20-8-15-27-28(17-23-9-11-24(12-10-23)22(3)31)21(2)29(30(27)16-20)18-25(32)13-14-26(36-38(6,7)34)19-35-37(4,5)33/h8-12,15-17,26H,13-14,18-19H2,1-7H3. The first-order chi connectivity index (χ1) is 17.6. The van der Waals surface area contributed by atoms with Gasteiger partial charge in [-0.25, -0.2) is 0 Å². The zero-order chi connectivity index (χ0) is 28.3. The summed E-state index contributed by atoms with van der Waals surface area (Å²) < 4.78 is 35.4. The third-order valence-electron chi connectivity index (χ3n) is 6.37. The van der Waals surface area contributed by atoms with E-state index in [-0.39, 0.29) is 31.0 Å². The van der Waals surface area contributed by atoms with Crippen LogP contribution in [0, 0.1) is 6.92 Å². The molecule has 0 spiro atoms. The Hall–Kier alpha value is -2.36. The van der Waals surface area contributed by atoms with Crippen LogP contribution in [0.2, 0.25) is 0 Å². The Morgan fingerprint density at radius 1 is 0.921 bits per heavy atom. The van der Waals surface area contributed by atoms with Crippen molar-refractivity contribution in [2.45, 2.75) is 46.1 Å². The maximum absolute atomic E-state index is 13.2. The van der Waals surface area contributed by atoms with Crippen molar-refractivity contribution >= 4 is 43.5 Å². The van der Waals surface area contributed by atoms with Crippen LogP contribution in [0.3, 0.4) is 0 Å². The van der Waals surface area contributed by atoms with Crippen LogP contribution < -0.4 is 0 Å². The zero-order valence-corrected chi connectivity index (χ0v) is 25.2. The van der Waals surface area contributed by atoms with Crippen molar-refractivity contribution in [3.63, 3.8) is 0 Å². The molecule has 0 fully saturated rings. The second-order valence-corrected chi connectivity index (χ2v) is 16.1. The highest BCUT2D eigenvalue weighted by Gasteiger charge is 2.26. The molecule has 0 aliphatic heterocycles. The number of hydrogen-bond donors (Lipinski definition) is 0. The van der Waals surface area contributed by atoms with Crippen LogP contribution in [-0.2, 0) is 23.0 Å². The fraction of sp³-hybridized carbons (Fsp3) is 0.400. The van der Waals surface area contributed by atoms with Gasteiger partial charge < -0.3 is 9.05 Å². The molecule has 0 N–H and O–H groups in total. The Kier molecular flexibility index (Phi) is 9.71.